The SMILES string of the molecule is O=CN1CC(CCCO)C1. The number of hydrogen-bond donors (Lipinski definition) is 1. The van der Waals surface area contributed by atoms with Gasteiger partial charge in [0.25, 0.3) is 0 Å². The van der Waals surface area contributed by atoms with Gasteiger partial charge in [0.1, 0.15) is 0 Å². The average molecular weight is 143 g/mol. The van der Waals surface area contributed by atoms with Gasteiger partial charge in [-0.3, -0.25) is 4.79 Å². The maximum atomic E-state index is 10.1. The van der Waals surface area contributed by atoms with Crippen LogP contribution in [0.3, 0.4) is 0 Å². The quantitative estimate of drug-likeness (QED) is 0.556. The summed E-state index contributed by atoms with van der Waals surface area (Å²) in [5, 5.41) is 8.47. The van der Waals surface area contributed by atoms with Crippen LogP contribution in [0.15, 0.2) is 0 Å². The molecule has 58 valence electrons. The number of amides is 1. The summed E-state index contributed by atoms with van der Waals surface area (Å²) in [7, 11) is 0. The normalized spacial score (nSPS) is 18.7. The standard InChI is InChI=1S/C7H13NO2/c9-3-1-2-7-4-8(5-7)6-10/h6-7,9H,1-5H2. The molecule has 0 aromatic heterocycles. The van der Waals surface area contributed by atoms with E-state index in [0.717, 1.165) is 32.3 Å². The topological polar surface area (TPSA) is 40.5 Å². The number of aliphatic hydroxyl groups excluding tert-OH is 1. The lowest BCUT2D eigenvalue weighted by Gasteiger charge is -2.36. The lowest BCUT2D eigenvalue weighted by Crippen LogP contribution is -2.45. The summed E-state index contributed by atoms with van der Waals surface area (Å²) in [6.45, 7) is 2.06. The second-order valence-electron chi connectivity index (χ2n) is 2.79. The maximum Gasteiger partial charge on any atom is 0.209 e. The molecule has 1 saturated heterocycles. The van der Waals surface area contributed by atoms with Crippen LogP contribution in [0.2, 0.25) is 0 Å². The lowest BCUT2D eigenvalue weighted by atomic mass is 9.96. The zero-order chi connectivity index (χ0) is 7.40. The van der Waals surface area contributed by atoms with Gasteiger partial charge in [-0.05, 0) is 18.8 Å². The van der Waals surface area contributed by atoms with E-state index in [1.807, 2.05) is 0 Å². The molecule has 3 nitrogen and oxygen atoms in total. The van der Waals surface area contributed by atoms with E-state index in [9.17, 15) is 4.79 Å². The molecule has 10 heavy (non-hydrogen) atoms. The molecule has 0 saturated carbocycles. The lowest BCUT2D eigenvalue weighted by molar-refractivity contribution is -0.123. The number of likely N-dealkylation sites (tertiary alicyclic amines) is 1. The van der Waals surface area contributed by atoms with Crippen molar-refractivity contribution in [2.45, 2.75) is 12.8 Å². The number of aliphatic hydroxyl groups is 1. The van der Waals surface area contributed by atoms with E-state index < -0.39 is 0 Å². The van der Waals surface area contributed by atoms with Gasteiger partial charge in [0, 0.05) is 19.7 Å². The molecule has 0 radical (unpaired) electrons. The van der Waals surface area contributed by atoms with Crippen molar-refractivity contribution in [2.75, 3.05) is 19.7 Å². The Morgan fingerprint density at radius 1 is 1.60 bits per heavy atom. The fourth-order valence-electron chi connectivity index (χ4n) is 1.26. The molecule has 0 unspecified atom stereocenters. The van der Waals surface area contributed by atoms with Gasteiger partial charge in [-0.1, -0.05) is 0 Å². The van der Waals surface area contributed by atoms with Crippen LogP contribution in [-0.2, 0) is 4.79 Å². The monoisotopic (exact) mass is 143 g/mol. The summed E-state index contributed by atoms with van der Waals surface area (Å²) in [5.74, 6) is 0.650. The first-order valence-corrected chi connectivity index (χ1v) is 3.67. The van der Waals surface area contributed by atoms with Crippen molar-refractivity contribution in [1.29, 1.82) is 0 Å². The largest absolute Gasteiger partial charge is 0.396 e. The van der Waals surface area contributed by atoms with Crippen LogP contribution in [0.1, 0.15) is 12.8 Å². The minimum Gasteiger partial charge on any atom is -0.396 e. The van der Waals surface area contributed by atoms with E-state index in [0.29, 0.717) is 5.92 Å². The van der Waals surface area contributed by atoms with Crippen LogP contribution in [0.4, 0.5) is 0 Å². The number of hydrogen-bond acceptors (Lipinski definition) is 2. The van der Waals surface area contributed by atoms with E-state index in [2.05, 4.69) is 0 Å². The Balaban J connectivity index is 1.97. The molecule has 1 heterocycles. The second kappa shape index (κ2) is 3.56. The first-order chi connectivity index (χ1) is 4.86. The third kappa shape index (κ3) is 1.70. The Labute approximate surface area is 60.6 Å². The summed E-state index contributed by atoms with van der Waals surface area (Å²) in [5.41, 5.74) is 0. The zero-order valence-corrected chi connectivity index (χ0v) is 5.99. The number of carbonyl (C=O) groups is 1. The molecule has 1 amide bonds. The van der Waals surface area contributed by atoms with Crippen molar-refractivity contribution in [1.82, 2.24) is 4.90 Å². The van der Waals surface area contributed by atoms with Gasteiger partial charge in [-0.15, -0.1) is 0 Å². The molecule has 1 aliphatic heterocycles. The van der Waals surface area contributed by atoms with E-state index in [1.165, 1.54) is 0 Å². The minimum atomic E-state index is 0.275. The molecule has 1 rings (SSSR count). The molecule has 0 aliphatic carbocycles. The highest BCUT2D eigenvalue weighted by atomic mass is 16.2. The maximum absolute atomic E-state index is 10.1. The Morgan fingerprint density at radius 3 is 2.80 bits per heavy atom. The zero-order valence-electron chi connectivity index (χ0n) is 5.99. The van der Waals surface area contributed by atoms with Crippen molar-refractivity contribution in [2.24, 2.45) is 5.92 Å². The molecule has 0 aromatic carbocycles. The minimum absolute atomic E-state index is 0.275. The summed E-state index contributed by atoms with van der Waals surface area (Å²) in [4.78, 5) is 11.8. The van der Waals surface area contributed by atoms with E-state index in [-0.39, 0.29) is 6.61 Å². The molecule has 0 spiro atoms. The van der Waals surface area contributed by atoms with Gasteiger partial charge in [-0.2, -0.15) is 0 Å². The Kier molecular flexibility index (Phi) is 2.68. The van der Waals surface area contributed by atoms with Crippen molar-refractivity contribution in [3.8, 4) is 0 Å². The van der Waals surface area contributed by atoms with Gasteiger partial charge in [0.05, 0.1) is 0 Å². The van der Waals surface area contributed by atoms with Gasteiger partial charge in [0.2, 0.25) is 6.41 Å². The van der Waals surface area contributed by atoms with Gasteiger partial charge in [-0.25, -0.2) is 0 Å². The number of nitrogens with zero attached hydrogens (tertiary/aromatic N) is 1. The number of rotatable bonds is 4. The van der Waals surface area contributed by atoms with Crippen LogP contribution >= 0.6 is 0 Å². The van der Waals surface area contributed by atoms with Crippen LogP contribution in [-0.4, -0.2) is 36.1 Å². The molecule has 3 heteroatoms. The third-order valence-corrected chi connectivity index (χ3v) is 1.90. The Morgan fingerprint density at radius 2 is 2.30 bits per heavy atom. The van der Waals surface area contributed by atoms with Gasteiger partial charge >= 0.3 is 0 Å². The van der Waals surface area contributed by atoms with E-state index in [1.54, 1.807) is 4.90 Å². The highest BCUT2D eigenvalue weighted by molar-refractivity contribution is 5.48. The third-order valence-electron chi connectivity index (χ3n) is 1.90. The summed E-state index contributed by atoms with van der Waals surface area (Å²) >= 11 is 0. The molecular weight excluding hydrogens is 130 g/mol. The first-order valence-electron chi connectivity index (χ1n) is 3.67. The summed E-state index contributed by atoms with van der Waals surface area (Å²) in [6.07, 6.45) is 2.81. The highest BCUT2D eigenvalue weighted by Crippen LogP contribution is 2.17. The van der Waals surface area contributed by atoms with E-state index >= 15 is 0 Å². The van der Waals surface area contributed by atoms with Gasteiger partial charge in [0.15, 0.2) is 0 Å². The fraction of sp³-hybridized carbons (Fsp3) is 0.857. The molecule has 1 aliphatic rings. The van der Waals surface area contributed by atoms with Crippen molar-refractivity contribution in [3.63, 3.8) is 0 Å². The summed E-state index contributed by atoms with van der Waals surface area (Å²) < 4.78 is 0. The van der Waals surface area contributed by atoms with Crippen LogP contribution < -0.4 is 0 Å². The molecule has 1 N–H and O–H groups in total. The van der Waals surface area contributed by atoms with Crippen LogP contribution in [0.25, 0.3) is 0 Å². The van der Waals surface area contributed by atoms with Crippen LogP contribution in [0.5, 0.6) is 0 Å². The molecule has 0 atom stereocenters. The average Bonchev–Trinajstić information content (AvgIpc) is 1.86. The van der Waals surface area contributed by atoms with Gasteiger partial charge < -0.3 is 10.0 Å². The van der Waals surface area contributed by atoms with Crippen molar-refractivity contribution in [3.05, 3.63) is 0 Å². The Hall–Kier alpha value is -0.570. The van der Waals surface area contributed by atoms with Crippen LogP contribution in [0, 0.1) is 5.92 Å². The predicted octanol–water partition coefficient (Wildman–Crippen LogP) is -0.153. The first kappa shape index (κ1) is 7.54. The molecule has 0 bridgehead atoms. The van der Waals surface area contributed by atoms with Crippen molar-refractivity contribution >= 4 is 6.41 Å². The molecule has 0 aromatic rings. The predicted molar refractivity (Wildman–Crippen MR) is 37.4 cm³/mol. The summed E-state index contributed by atoms with van der Waals surface area (Å²) in [6, 6.07) is 0. The Bertz CT molecular complexity index is 110. The molecule has 1 fully saturated rings. The van der Waals surface area contributed by atoms with Crippen molar-refractivity contribution < 1.29 is 9.90 Å². The molecular formula is C7H13NO2. The van der Waals surface area contributed by atoms with E-state index in [4.69, 9.17) is 5.11 Å². The highest BCUT2D eigenvalue weighted by Gasteiger charge is 2.23. The fourth-order valence-corrected chi connectivity index (χ4v) is 1.26. The smallest absolute Gasteiger partial charge is 0.209 e. The number of carbonyl (C=O) groups excluding carboxylic acids is 1. The second-order valence-corrected chi connectivity index (χ2v) is 2.79.